The van der Waals surface area contributed by atoms with E-state index in [0.29, 0.717) is 12.4 Å². The Labute approximate surface area is 187 Å². The van der Waals surface area contributed by atoms with Crippen LogP contribution in [0, 0.1) is 0 Å². The summed E-state index contributed by atoms with van der Waals surface area (Å²) >= 11 is 0. The highest BCUT2D eigenvalue weighted by Crippen LogP contribution is 2.16. The second-order valence-corrected chi connectivity index (χ2v) is 6.67. The molecule has 0 saturated carbocycles. The van der Waals surface area contributed by atoms with Crippen molar-refractivity contribution < 1.29 is 4.74 Å². The molecule has 0 bridgehead atoms. The summed E-state index contributed by atoms with van der Waals surface area (Å²) in [5.74, 6) is 1.55. The molecule has 3 heterocycles. The third-order valence-corrected chi connectivity index (χ3v) is 4.69. The zero-order valence-corrected chi connectivity index (χ0v) is 18.6. The molecule has 1 fully saturated rings. The third kappa shape index (κ3) is 5.47. The average molecular weight is 504 g/mol. The molecule has 8 heteroatoms. The summed E-state index contributed by atoms with van der Waals surface area (Å²) in [7, 11) is 1.81. The zero-order chi connectivity index (χ0) is 19.2. The predicted molar refractivity (Wildman–Crippen MR) is 124 cm³/mol. The van der Waals surface area contributed by atoms with Crippen LogP contribution < -0.4 is 10.1 Å². The van der Waals surface area contributed by atoms with Gasteiger partial charge in [0, 0.05) is 50.6 Å². The second kappa shape index (κ2) is 10.2. The molecule has 0 radical (unpaired) electrons. The van der Waals surface area contributed by atoms with Crippen LogP contribution in [-0.4, -0.2) is 51.9 Å². The molecular formula is C21H25IN6O. The van der Waals surface area contributed by atoms with Crippen molar-refractivity contribution >= 4 is 29.9 Å². The number of likely N-dealkylation sites (tertiary alicyclic amines) is 1. The zero-order valence-electron chi connectivity index (χ0n) is 16.3. The molecule has 1 aliphatic rings. The van der Waals surface area contributed by atoms with Crippen LogP contribution in [0.5, 0.6) is 5.88 Å². The van der Waals surface area contributed by atoms with Gasteiger partial charge in [0.05, 0.1) is 18.4 Å². The third-order valence-electron chi connectivity index (χ3n) is 4.69. The van der Waals surface area contributed by atoms with Crippen LogP contribution in [0.25, 0.3) is 5.69 Å². The number of aliphatic imine (C=N–C) groups is 1. The summed E-state index contributed by atoms with van der Waals surface area (Å²) in [5.41, 5.74) is 2.15. The fraction of sp³-hybridized carbons (Fsp3) is 0.286. The first kappa shape index (κ1) is 21.1. The molecule has 152 valence electrons. The Morgan fingerprint density at radius 1 is 1.21 bits per heavy atom. The van der Waals surface area contributed by atoms with Crippen molar-refractivity contribution in [1.82, 2.24) is 25.0 Å². The van der Waals surface area contributed by atoms with Crippen LogP contribution >= 0.6 is 24.0 Å². The van der Waals surface area contributed by atoms with Crippen molar-refractivity contribution in [3.8, 4) is 11.6 Å². The second-order valence-electron chi connectivity index (χ2n) is 6.67. The fourth-order valence-electron chi connectivity index (χ4n) is 3.29. The number of aromatic nitrogens is 3. The predicted octanol–water partition coefficient (Wildman–Crippen LogP) is 3.11. The van der Waals surface area contributed by atoms with Gasteiger partial charge in [-0.1, -0.05) is 24.3 Å². The van der Waals surface area contributed by atoms with Gasteiger partial charge < -0.3 is 15.0 Å². The van der Waals surface area contributed by atoms with Crippen LogP contribution in [0.1, 0.15) is 12.0 Å². The van der Waals surface area contributed by atoms with Gasteiger partial charge in [0.1, 0.15) is 6.10 Å². The van der Waals surface area contributed by atoms with E-state index >= 15 is 0 Å². The van der Waals surface area contributed by atoms with E-state index in [9.17, 15) is 0 Å². The Morgan fingerprint density at radius 3 is 2.79 bits per heavy atom. The van der Waals surface area contributed by atoms with Gasteiger partial charge in [0.15, 0.2) is 5.96 Å². The Bertz CT molecular complexity index is 915. The lowest BCUT2D eigenvalue weighted by Crippen LogP contribution is -2.40. The lowest BCUT2D eigenvalue weighted by Gasteiger charge is -2.21. The van der Waals surface area contributed by atoms with E-state index in [2.05, 4.69) is 25.3 Å². The van der Waals surface area contributed by atoms with Gasteiger partial charge in [-0.05, 0) is 18.2 Å². The SMILES string of the molecule is CN=C(NCc1cnn(-c2ccccc2)c1)N1CCC(Oc2ccccn2)C1.I. The molecule has 1 aliphatic heterocycles. The lowest BCUT2D eigenvalue weighted by atomic mass is 10.3. The number of ether oxygens (including phenoxy) is 1. The maximum absolute atomic E-state index is 5.97. The first-order valence-electron chi connectivity index (χ1n) is 9.44. The van der Waals surface area contributed by atoms with Crippen molar-refractivity contribution in [3.05, 3.63) is 72.7 Å². The van der Waals surface area contributed by atoms with Gasteiger partial charge in [0.2, 0.25) is 5.88 Å². The van der Waals surface area contributed by atoms with Crippen LogP contribution in [0.2, 0.25) is 0 Å². The Hall–Kier alpha value is -2.62. The fourth-order valence-corrected chi connectivity index (χ4v) is 3.29. The first-order chi connectivity index (χ1) is 13.8. The van der Waals surface area contributed by atoms with Crippen molar-refractivity contribution in [3.63, 3.8) is 0 Å². The maximum Gasteiger partial charge on any atom is 0.213 e. The number of rotatable bonds is 5. The van der Waals surface area contributed by atoms with E-state index in [4.69, 9.17) is 4.74 Å². The number of nitrogens with one attached hydrogen (secondary N) is 1. The minimum absolute atomic E-state index is 0. The van der Waals surface area contributed by atoms with Crippen molar-refractivity contribution in [2.24, 2.45) is 4.99 Å². The first-order valence-corrected chi connectivity index (χ1v) is 9.44. The van der Waals surface area contributed by atoms with E-state index in [1.54, 1.807) is 6.20 Å². The molecule has 2 aromatic heterocycles. The lowest BCUT2D eigenvalue weighted by molar-refractivity contribution is 0.205. The number of hydrogen-bond acceptors (Lipinski definition) is 4. The molecule has 1 aromatic carbocycles. The normalized spacial score (nSPS) is 16.4. The summed E-state index contributed by atoms with van der Waals surface area (Å²) in [6, 6.07) is 15.8. The Balaban J connectivity index is 0.00000240. The highest BCUT2D eigenvalue weighted by molar-refractivity contribution is 14.0. The van der Waals surface area contributed by atoms with Gasteiger partial charge >= 0.3 is 0 Å². The van der Waals surface area contributed by atoms with Crippen LogP contribution in [0.4, 0.5) is 0 Å². The molecule has 3 aromatic rings. The van der Waals surface area contributed by atoms with E-state index in [1.165, 1.54) is 0 Å². The molecule has 4 rings (SSSR count). The number of hydrogen-bond donors (Lipinski definition) is 1. The van der Waals surface area contributed by atoms with Gasteiger partial charge in [-0.25, -0.2) is 9.67 Å². The highest BCUT2D eigenvalue weighted by atomic mass is 127. The molecule has 1 N–H and O–H groups in total. The van der Waals surface area contributed by atoms with Gasteiger partial charge in [-0.2, -0.15) is 5.10 Å². The van der Waals surface area contributed by atoms with Crippen molar-refractivity contribution in [1.29, 1.82) is 0 Å². The van der Waals surface area contributed by atoms with Crippen LogP contribution in [-0.2, 0) is 6.54 Å². The quantitative estimate of drug-likeness (QED) is 0.329. The van der Waals surface area contributed by atoms with Gasteiger partial charge in [-0.3, -0.25) is 4.99 Å². The summed E-state index contributed by atoms with van der Waals surface area (Å²) in [5, 5.41) is 7.87. The number of guanidine groups is 1. The minimum Gasteiger partial charge on any atom is -0.472 e. The summed E-state index contributed by atoms with van der Waals surface area (Å²) in [4.78, 5) is 10.9. The van der Waals surface area contributed by atoms with E-state index in [1.807, 2.05) is 72.7 Å². The van der Waals surface area contributed by atoms with Gasteiger partial charge in [0.25, 0.3) is 0 Å². The summed E-state index contributed by atoms with van der Waals surface area (Å²) < 4.78 is 7.85. The number of nitrogens with zero attached hydrogens (tertiary/aromatic N) is 5. The molecule has 29 heavy (non-hydrogen) atoms. The van der Waals surface area contributed by atoms with Crippen LogP contribution in [0.3, 0.4) is 0 Å². The molecule has 0 amide bonds. The smallest absolute Gasteiger partial charge is 0.213 e. The summed E-state index contributed by atoms with van der Waals surface area (Å²) in [6.45, 7) is 2.36. The standard InChI is InChI=1S/C21H24N6O.HI/c1-22-21(26-12-10-19(16-26)28-20-9-5-6-11-23-20)24-13-17-14-25-27(15-17)18-7-3-2-4-8-18;/h2-9,11,14-15,19H,10,12-13,16H2,1H3,(H,22,24);1H. The molecule has 1 atom stereocenters. The maximum atomic E-state index is 5.97. The number of pyridine rings is 1. The number of para-hydroxylation sites is 1. The molecule has 1 saturated heterocycles. The van der Waals surface area contributed by atoms with E-state index in [0.717, 1.165) is 36.7 Å². The van der Waals surface area contributed by atoms with Gasteiger partial charge in [-0.15, -0.1) is 24.0 Å². The van der Waals surface area contributed by atoms with Crippen LogP contribution in [0.15, 0.2) is 72.1 Å². The Morgan fingerprint density at radius 2 is 2.03 bits per heavy atom. The molecule has 0 spiro atoms. The van der Waals surface area contributed by atoms with Crippen molar-refractivity contribution in [2.75, 3.05) is 20.1 Å². The average Bonchev–Trinajstić information content (AvgIpc) is 3.40. The summed E-state index contributed by atoms with van der Waals surface area (Å²) in [6.07, 6.45) is 6.73. The van der Waals surface area contributed by atoms with E-state index < -0.39 is 0 Å². The topological polar surface area (TPSA) is 67.6 Å². The highest BCUT2D eigenvalue weighted by Gasteiger charge is 2.26. The molecule has 0 aliphatic carbocycles. The monoisotopic (exact) mass is 504 g/mol. The Kier molecular flexibility index (Phi) is 7.45. The van der Waals surface area contributed by atoms with E-state index in [-0.39, 0.29) is 30.1 Å². The molecule has 7 nitrogen and oxygen atoms in total. The number of benzene rings is 1. The largest absolute Gasteiger partial charge is 0.472 e. The molecular weight excluding hydrogens is 479 g/mol. The number of halogens is 1. The van der Waals surface area contributed by atoms with Crippen molar-refractivity contribution in [2.45, 2.75) is 19.1 Å². The molecule has 1 unspecified atom stereocenters. The minimum atomic E-state index is 0.